The molecule has 1 aliphatic heterocycles. The van der Waals surface area contributed by atoms with Crippen LogP contribution in [0.3, 0.4) is 0 Å². The fourth-order valence-electron chi connectivity index (χ4n) is 2.33. The van der Waals surface area contributed by atoms with Crippen molar-refractivity contribution < 1.29 is 33.3 Å². The highest BCUT2D eigenvalue weighted by Gasteiger charge is 2.40. The number of benzene rings is 1. The molecular formula is C14H14ClF2NO5. The van der Waals surface area contributed by atoms with E-state index in [1.807, 2.05) is 0 Å². The smallest absolute Gasteiger partial charge is 0.387 e. The van der Waals surface area contributed by atoms with Crippen LogP contribution in [0.25, 0.3) is 0 Å². The first-order chi connectivity index (χ1) is 10.7. The quantitative estimate of drug-likeness (QED) is 0.868. The number of carbonyl (C=O) groups excluding carboxylic acids is 1. The molecule has 0 unspecified atom stereocenters. The molecule has 9 heteroatoms. The van der Waals surface area contributed by atoms with Gasteiger partial charge in [-0.2, -0.15) is 8.78 Å². The SMILES string of the molecule is O=C(c1cc(Cl)ccc1OC(F)F)N1CCC(O)(C(=O)O)CC1. The lowest BCUT2D eigenvalue weighted by Crippen LogP contribution is -2.50. The summed E-state index contributed by atoms with van der Waals surface area (Å²) in [6.07, 6.45) is -0.306. The van der Waals surface area contributed by atoms with E-state index in [0.29, 0.717) is 0 Å². The van der Waals surface area contributed by atoms with Gasteiger partial charge in [0.2, 0.25) is 0 Å². The molecule has 1 amide bonds. The van der Waals surface area contributed by atoms with Gasteiger partial charge >= 0.3 is 12.6 Å². The molecule has 0 spiro atoms. The zero-order valence-corrected chi connectivity index (χ0v) is 12.6. The Hall–Kier alpha value is -1.93. The van der Waals surface area contributed by atoms with Crippen molar-refractivity contribution in [3.8, 4) is 5.75 Å². The Morgan fingerprint density at radius 2 is 1.91 bits per heavy atom. The average Bonchev–Trinajstić information content (AvgIpc) is 2.48. The fourth-order valence-corrected chi connectivity index (χ4v) is 2.50. The van der Waals surface area contributed by atoms with Gasteiger partial charge in [0, 0.05) is 31.0 Å². The minimum absolute atomic E-state index is 0.0255. The first kappa shape index (κ1) is 17.4. The number of ether oxygens (including phenoxy) is 1. The summed E-state index contributed by atoms with van der Waals surface area (Å²) in [6.45, 7) is -3.15. The largest absolute Gasteiger partial charge is 0.479 e. The van der Waals surface area contributed by atoms with Crippen LogP contribution in [0.15, 0.2) is 18.2 Å². The molecule has 0 atom stereocenters. The Morgan fingerprint density at radius 1 is 1.30 bits per heavy atom. The monoisotopic (exact) mass is 349 g/mol. The molecule has 23 heavy (non-hydrogen) atoms. The Balaban J connectivity index is 2.18. The van der Waals surface area contributed by atoms with Crippen LogP contribution in [-0.4, -0.2) is 52.3 Å². The number of likely N-dealkylation sites (tertiary alicyclic amines) is 1. The third-order valence-corrected chi connectivity index (χ3v) is 3.90. The lowest BCUT2D eigenvalue weighted by atomic mass is 9.91. The van der Waals surface area contributed by atoms with Crippen molar-refractivity contribution in [2.24, 2.45) is 0 Å². The molecule has 2 rings (SSSR count). The van der Waals surface area contributed by atoms with E-state index in [4.69, 9.17) is 16.7 Å². The molecule has 0 aromatic heterocycles. The number of alkyl halides is 2. The van der Waals surface area contributed by atoms with Crippen LogP contribution in [0.2, 0.25) is 5.02 Å². The van der Waals surface area contributed by atoms with Crippen molar-refractivity contribution in [1.82, 2.24) is 4.90 Å². The van der Waals surface area contributed by atoms with E-state index in [1.54, 1.807) is 0 Å². The Labute approximate surface area is 135 Å². The summed E-state index contributed by atoms with van der Waals surface area (Å²) in [6, 6.07) is 3.69. The van der Waals surface area contributed by atoms with Crippen LogP contribution >= 0.6 is 11.6 Å². The van der Waals surface area contributed by atoms with Gasteiger partial charge in [0.1, 0.15) is 5.75 Å². The predicted octanol–water partition coefficient (Wildman–Crippen LogP) is 1.99. The van der Waals surface area contributed by atoms with Gasteiger partial charge in [0.15, 0.2) is 5.60 Å². The van der Waals surface area contributed by atoms with Gasteiger partial charge in [0.25, 0.3) is 5.91 Å². The molecular weight excluding hydrogens is 336 g/mol. The molecule has 0 radical (unpaired) electrons. The number of aliphatic hydroxyl groups is 1. The second-order valence-electron chi connectivity index (χ2n) is 5.15. The predicted molar refractivity (Wildman–Crippen MR) is 75.8 cm³/mol. The number of aliphatic carboxylic acids is 1. The summed E-state index contributed by atoms with van der Waals surface area (Å²) >= 11 is 5.79. The molecule has 1 saturated heterocycles. The summed E-state index contributed by atoms with van der Waals surface area (Å²) in [5, 5.41) is 19.0. The number of nitrogens with zero attached hydrogens (tertiary/aromatic N) is 1. The maximum atomic E-state index is 12.4. The third-order valence-electron chi connectivity index (χ3n) is 3.66. The second kappa shape index (κ2) is 6.67. The molecule has 1 aliphatic rings. The topological polar surface area (TPSA) is 87.1 Å². The zero-order valence-electron chi connectivity index (χ0n) is 11.8. The average molecular weight is 350 g/mol. The minimum Gasteiger partial charge on any atom is -0.479 e. The van der Waals surface area contributed by atoms with E-state index in [2.05, 4.69) is 4.74 Å². The molecule has 2 N–H and O–H groups in total. The summed E-state index contributed by atoms with van der Waals surface area (Å²) < 4.78 is 29.1. The Bertz CT molecular complexity index is 617. The van der Waals surface area contributed by atoms with Crippen LogP contribution in [0.4, 0.5) is 8.78 Å². The van der Waals surface area contributed by atoms with Gasteiger partial charge in [0.05, 0.1) is 5.56 Å². The summed E-state index contributed by atoms with van der Waals surface area (Å²) in [5.74, 6) is -2.28. The van der Waals surface area contributed by atoms with Crippen LogP contribution in [0.5, 0.6) is 5.75 Å². The maximum Gasteiger partial charge on any atom is 0.387 e. The number of halogens is 3. The standard InChI is InChI=1S/C14H14ClF2NO5/c15-8-1-2-10(23-13(16)17)9(7-8)11(19)18-5-3-14(22,4-6-18)12(20)21/h1-2,7,13,22H,3-6H2,(H,20,21). The normalized spacial score (nSPS) is 17.2. The number of carboxylic acid groups (broad SMARTS) is 1. The van der Waals surface area contributed by atoms with E-state index in [0.717, 1.165) is 0 Å². The van der Waals surface area contributed by atoms with E-state index in [-0.39, 0.29) is 42.3 Å². The lowest BCUT2D eigenvalue weighted by Gasteiger charge is -2.35. The number of rotatable bonds is 4. The van der Waals surface area contributed by atoms with Gasteiger partial charge in [-0.3, -0.25) is 4.79 Å². The third kappa shape index (κ3) is 3.89. The van der Waals surface area contributed by atoms with Crippen LogP contribution in [0, 0.1) is 0 Å². The highest BCUT2D eigenvalue weighted by molar-refractivity contribution is 6.31. The van der Waals surface area contributed by atoms with Crippen molar-refractivity contribution in [3.05, 3.63) is 28.8 Å². The lowest BCUT2D eigenvalue weighted by molar-refractivity contribution is -0.162. The highest BCUT2D eigenvalue weighted by Crippen LogP contribution is 2.29. The first-order valence-electron chi connectivity index (χ1n) is 6.72. The molecule has 1 aromatic carbocycles. The van der Waals surface area contributed by atoms with Crippen molar-refractivity contribution in [3.63, 3.8) is 0 Å². The summed E-state index contributed by atoms with van der Waals surface area (Å²) in [7, 11) is 0. The molecule has 1 fully saturated rings. The van der Waals surface area contributed by atoms with Gasteiger partial charge in [-0.1, -0.05) is 11.6 Å². The summed E-state index contributed by atoms with van der Waals surface area (Å²) in [5.41, 5.74) is -2.02. The first-order valence-corrected chi connectivity index (χ1v) is 7.10. The molecule has 1 heterocycles. The Kier molecular flexibility index (Phi) is 5.06. The molecule has 6 nitrogen and oxygen atoms in total. The van der Waals surface area contributed by atoms with Crippen molar-refractivity contribution in [1.29, 1.82) is 0 Å². The summed E-state index contributed by atoms with van der Waals surface area (Å²) in [4.78, 5) is 24.7. The van der Waals surface area contributed by atoms with Gasteiger partial charge in [-0.15, -0.1) is 0 Å². The van der Waals surface area contributed by atoms with Crippen molar-refractivity contribution in [2.75, 3.05) is 13.1 Å². The number of carbonyl (C=O) groups is 2. The molecule has 0 bridgehead atoms. The van der Waals surface area contributed by atoms with Crippen molar-refractivity contribution >= 4 is 23.5 Å². The molecule has 126 valence electrons. The van der Waals surface area contributed by atoms with Crippen LogP contribution in [-0.2, 0) is 4.79 Å². The molecule has 0 aliphatic carbocycles. The molecule has 0 saturated carbocycles. The molecule has 1 aromatic rings. The number of amides is 1. The fraction of sp³-hybridized carbons (Fsp3) is 0.429. The number of carboxylic acids is 1. The van der Waals surface area contributed by atoms with Gasteiger partial charge < -0.3 is 19.8 Å². The van der Waals surface area contributed by atoms with Crippen molar-refractivity contribution in [2.45, 2.75) is 25.1 Å². The maximum absolute atomic E-state index is 12.4. The van der Waals surface area contributed by atoms with E-state index >= 15 is 0 Å². The minimum atomic E-state index is -3.10. The number of hydrogen-bond acceptors (Lipinski definition) is 4. The van der Waals surface area contributed by atoms with E-state index < -0.39 is 24.1 Å². The number of piperidine rings is 1. The second-order valence-corrected chi connectivity index (χ2v) is 5.58. The Morgan fingerprint density at radius 3 is 2.43 bits per heavy atom. The zero-order chi connectivity index (χ0) is 17.2. The van der Waals surface area contributed by atoms with E-state index in [9.17, 15) is 23.5 Å². The van der Waals surface area contributed by atoms with Gasteiger partial charge in [-0.05, 0) is 18.2 Å². The van der Waals surface area contributed by atoms with Crippen LogP contribution < -0.4 is 4.74 Å². The van der Waals surface area contributed by atoms with E-state index in [1.165, 1.54) is 23.1 Å². The highest BCUT2D eigenvalue weighted by atomic mass is 35.5. The van der Waals surface area contributed by atoms with Gasteiger partial charge in [-0.25, -0.2) is 4.79 Å². The number of hydrogen-bond donors (Lipinski definition) is 2. The van der Waals surface area contributed by atoms with Crippen LogP contribution in [0.1, 0.15) is 23.2 Å².